The number of thioether (sulfide) groups is 1. The molecule has 4 unspecified atom stereocenters. The minimum atomic E-state index is 0.280. The van der Waals surface area contributed by atoms with Gasteiger partial charge in [0.2, 0.25) is 0 Å². The fourth-order valence-electron chi connectivity index (χ4n) is 4.31. The normalized spacial score (nSPS) is 43.1. The third kappa shape index (κ3) is 3.30. The van der Waals surface area contributed by atoms with Crippen molar-refractivity contribution in [2.75, 3.05) is 24.7 Å². The molecule has 0 bridgehead atoms. The molecule has 3 rings (SSSR count). The van der Waals surface area contributed by atoms with E-state index in [-0.39, 0.29) is 5.60 Å². The van der Waals surface area contributed by atoms with Crippen molar-refractivity contribution in [1.82, 2.24) is 5.32 Å². The smallest absolute Gasteiger partial charge is 0.0783 e. The number of ether oxygens (including phenoxy) is 1. The van der Waals surface area contributed by atoms with E-state index in [0.717, 1.165) is 24.5 Å². The molecule has 3 aliphatic rings. The summed E-state index contributed by atoms with van der Waals surface area (Å²) in [6.45, 7) is 4.49. The average molecular weight is 283 g/mol. The molecule has 1 saturated carbocycles. The second-order valence-corrected chi connectivity index (χ2v) is 7.92. The third-order valence-corrected chi connectivity index (χ3v) is 6.64. The summed E-state index contributed by atoms with van der Waals surface area (Å²) in [4.78, 5) is 0. The van der Waals surface area contributed by atoms with Crippen LogP contribution in [0.1, 0.15) is 51.9 Å². The summed E-state index contributed by atoms with van der Waals surface area (Å²) in [7, 11) is 0. The highest BCUT2D eigenvalue weighted by molar-refractivity contribution is 7.99. The molecule has 0 aromatic rings. The molecule has 1 N–H and O–H groups in total. The van der Waals surface area contributed by atoms with Crippen molar-refractivity contribution in [2.24, 2.45) is 11.8 Å². The maximum Gasteiger partial charge on any atom is 0.0783 e. The molecule has 2 saturated heterocycles. The van der Waals surface area contributed by atoms with Gasteiger partial charge in [-0.15, -0.1) is 0 Å². The van der Waals surface area contributed by atoms with Gasteiger partial charge in [0, 0.05) is 18.4 Å². The molecule has 0 aromatic carbocycles. The quantitative estimate of drug-likeness (QED) is 0.854. The van der Waals surface area contributed by atoms with E-state index in [1.807, 2.05) is 0 Å². The number of hydrogen-bond acceptors (Lipinski definition) is 3. The molecular weight excluding hydrogens is 254 g/mol. The zero-order valence-electron chi connectivity index (χ0n) is 12.3. The first-order valence-corrected chi connectivity index (χ1v) is 9.42. The Balaban J connectivity index is 1.52. The predicted molar refractivity (Wildman–Crippen MR) is 82.8 cm³/mol. The Morgan fingerprint density at radius 3 is 3.00 bits per heavy atom. The number of hydrogen-bond donors (Lipinski definition) is 1. The zero-order chi connectivity index (χ0) is 13.1. The molecule has 2 heterocycles. The van der Waals surface area contributed by atoms with Crippen LogP contribution in [0.5, 0.6) is 0 Å². The van der Waals surface area contributed by atoms with E-state index < -0.39 is 0 Å². The maximum absolute atomic E-state index is 6.17. The van der Waals surface area contributed by atoms with E-state index in [1.54, 1.807) is 0 Å². The fourth-order valence-corrected chi connectivity index (χ4v) is 5.69. The van der Waals surface area contributed by atoms with E-state index in [0.29, 0.717) is 0 Å². The van der Waals surface area contributed by atoms with Gasteiger partial charge in [-0.1, -0.05) is 6.92 Å². The first-order valence-electron chi connectivity index (χ1n) is 8.26. The monoisotopic (exact) mass is 283 g/mol. The molecule has 2 nitrogen and oxygen atoms in total. The van der Waals surface area contributed by atoms with Crippen molar-refractivity contribution in [3.8, 4) is 0 Å². The van der Waals surface area contributed by atoms with E-state index in [2.05, 4.69) is 24.0 Å². The molecule has 0 amide bonds. The Labute approximate surface area is 122 Å². The fraction of sp³-hybridized carbons (Fsp3) is 1.00. The van der Waals surface area contributed by atoms with Gasteiger partial charge in [-0.05, 0) is 69.1 Å². The lowest BCUT2D eigenvalue weighted by molar-refractivity contribution is -0.0888. The number of nitrogens with one attached hydrogen (secondary N) is 1. The van der Waals surface area contributed by atoms with Crippen molar-refractivity contribution in [3.05, 3.63) is 0 Å². The standard InChI is InChI=1S/C16H29NOS/c1-2-7-17-15-4-3-13(10-15)14-5-8-18-16(11-14)6-9-19-12-16/h13-15,17H,2-12H2,1H3. The molecule has 0 aromatic heterocycles. The lowest BCUT2D eigenvalue weighted by Gasteiger charge is -2.40. The van der Waals surface area contributed by atoms with Crippen molar-refractivity contribution in [2.45, 2.75) is 63.5 Å². The highest BCUT2D eigenvalue weighted by Crippen LogP contribution is 2.45. The topological polar surface area (TPSA) is 21.3 Å². The molecule has 3 heteroatoms. The van der Waals surface area contributed by atoms with Crippen molar-refractivity contribution in [1.29, 1.82) is 0 Å². The van der Waals surface area contributed by atoms with E-state index in [1.165, 1.54) is 63.0 Å². The Morgan fingerprint density at radius 1 is 1.26 bits per heavy atom. The third-order valence-electron chi connectivity index (χ3n) is 5.42. The van der Waals surface area contributed by atoms with Crippen LogP contribution in [0.15, 0.2) is 0 Å². The van der Waals surface area contributed by atoms with Crippen LogP contribution in [-0.2, 0) is 4.74 Å². The predicted octanol–water partition coefficient (Wildman–Crippen LogP) is 3.46. The highest BCUT2D eigenvalue weighted by atomic mass is 32.2. The highest BCUT2D eigenvalue weighted by Gasteiger charge is 2.43. The summed E-state index contributed by atoms with van der Waals surface area (Å²) in [5, 5.41) is 3.73. The summed E-state index contributed by atoms with van der Waals surface area (Å²) in [6.07, 6.45) is 9.52. The van der Waals surface area contributed by atoms with Crippen LogP contribution in [0, 0.1) is 11.8 Å². The molecule has 3 fully saturated rings. The van der Waals surface area contributed by atoms with Crippen LogP contribution < -0.4 is 5.32 Å². The molecule has 4 atom stereocenters. The molecule has 1 aliphatic carbocycles. The van der Waals surface area contributed by atoms with Gasteiger partial charge in [0.25, 0.3) is 0 Å². The Morgan fingerprint density at radius 2 is 2.21 bits per heavy atom. The Bertz CT molecular complexity index is 290. The van der Waals surface area contributed by atoms with Gasteiger partial charge >= 0.3 is 0 Å². The van der Waals surface area contributed by atoms with Gasteiger partial charge in [0.1, 0.15) is 0 Å². The Hall–Kier alpha value is 0.270. The van der Waals surface area contributed by atoms with Crippen molar-refractivity contribution >= 4 is 11.8 Å². The summed E-state index contributed by atoms with van der Waals surface area (Å²) >= 11 is 2.10. The molecule has 110 valence electrons. The molecule has 2 aliphatic heterocycles. The van der Waals surface area contributed by atoms with Crippen LogP contribution in [0.3, 0.4) is 0 Å². The second-order valence-electron chi connectivity index (χ2n) is 6.81. The van der Waals surface area contributed by atoms with Crippen LogP contribution in [0.4, 0.5) is 0 Å². The largest absolute Gasteiger partial charge is 0.374 e. The van der Waals surface area contributed by atoms with Crippen LogP contribution in [0.25, 0.3) is 0 Å². The van der Waals surface area contributed by atoms with E-state index in [4.69, 9.17) is 4.74 Å². The van der Waals surface area contributed by atoms with Gasteiger partial charge in [0.15, 0.2) is 0 Å². The molecule has 0 radical (unpaired) electrons. The van der Waals surface area contributed by atoms with Crippen LogP contribution in [-0.4, -0.2) is 36.3 Å². The first kappa shape index (κ1) is 14.2. The SMILES string of the molecule is CCCNC1CCC(C2CCOC3(CCSC3)C2)C1. The number of rotatable bonds is 4. The van der Waals surface area contributed by atoms with Gasteiger partial charge in [-0.2, -0.15) is 11.8 Å². The zero-order valence-corrected chi connectivity index (χ0v) is 13.1. The molecular formula is C16H29NOS. The summed E-state index contributed by atoms with van der Waals surface area (Å²) in [5.74, 6) is 4.49. The van der Waals surface area contributed by atoms with Crippen LogP contribution >= 0.6 is 11.8 Å². The second kappa shape index (κ2) is 6.36. The van der Waals surface area contributed by atoms with Crippen LogP contribution in [0.2, 0.25) is 0 Å². The summed E-state index contributed by atoms with van der Waals surface area (Å²) in [6, 6.07) is 0.807. The lowest BCUT2D eigenvalue weighted by atomic mass is 9.77. The summed E-state index contributed by atoms with van der Waals surface area (Å²) in [5.41, 5.74) is 0.280. The summed E-state index contributed by atoms with van der Waals surface area (Å²) < 4.78 is 6.17. The van der Waals surface area contributed by atoms with E-state index >= 15 is 0 Å². The lowest BCUT2D eigenvalue weighted by Crippen LogP contribution is -2.41. The Kier molecular flexibility index (Phi) is 4.76. The van der Waals surface area contributed by atoms with E-state index in [9.17, 15) is 0 Å². The van der Waals surface area contributed by atoms with Gasteiger partial charge in [-0.25, -0.2) is 0 Å². The minimum Gasteiger partial charge on any atom is -0.374 e. The first-order chi connectivity index (χ1) is 9.31. The van der Waals surface area contributed by atoms with Gasteiger partial charge in [0.05, 0.1) is 5.60 Å². The van der Waals surface area contributed by atoms with Gasteiger partial charge in [-0.3, -0.25) is 0 Å². The van der Waals surface area contributed by atoms with Crippen molar-refractivity contribution in [3.63, 3.8) is 0 Å². The van der Waals surface area contributed by atoms with Gasteiger partial charge < -0.3 is 10.1 Å². The van der Waals surface area contributed by atoms with Crippen molar-refractivity contribution < 1.29 is 4.74 Å². The minimum absolute atomic E-state index is 0.280. The molecule has 19 heavy (non-hydrogen) atoms. The molecule has 1 spiro atoms. The maximum atomic E-state index is 6.17. The average Bonchev–Trinajstić information content (AvgIpc) is 3.06.